The molecule has 0 bridgehead atoms. The van der Waals surface area contributed by atoms with Crippen molar-refractivity contribution in [2.75, 3.05) is 6.54 Å². The zero-order chi connectivity index (χ0) is 13.1. The van der Waals surface area contributed by atoms with E-state index in [1.165, 1.54) is 0 Å². The first-order valence-corrected chi connectivity index (χ1v) is 6.38. The van der Waals surface area contributed by atoms with E-state index in [0.717, 1.165) is 31.3 Å². The molecule has 1 aliphatic rings. The molecule has 1 fully saturated rings. The fraction of sp³-hybridized carbons (Fsp3) is 0.786. The molecule has 1 rings (SSSR count). The van der Waals surface area contributed by atoms with Crippen LogP contribution in [0.15, 0.2) is 11.6 Å². The Morgan fingerprint density at radius 3 is 2.24 bits per heavy atom. The maximum Gasteiger partial charge on any atom is 0.244 e. The summed E-state index contributed by atoms with van der Waals surface area (Å²) < 4.78 is 0. The lowest BCUT2D eigenvalue weighted by molar-refractivity contribution is -0.118. The molecule has 0 spiro atoms. The van der Waals surface area contributed by atoms with Gasteiger partial charge in [-0.15, -0.1) is 0 Å². The van der Waals surface area contributed by atoms with Crippen molar-refractivity contribution in [3.8, 4) is 0 Å². The lowest BCUT2D eigenvalue weighted by atomic mass is 9.71. The molecule has 0 aromatic heterocycles. The molecule has 0 saturated heterocycles. The van der Waals surface area contributed by atoms with Gasteiger partial charge in [-0.25, -0.2) is 0 Å². The highest BCUT2D eigenvalue weighted by atomic mass is 16.3. The second-order valence-corrected chi connectivity index (χ2v) is 6.33. The van der Waals surface area contributed by atoms with Crippen LogP contribution in [-0.2, 0) is 4.79 Å². The van der Waals surface area contributed by atoms with E-state index >= 15 is 0 Å². The van der Waals surface area contributed by atoms with Crippen molar-refractivity contribution in [3.63, 3.8) is 0 Å². The van der Waals surface area contributed by atoms with Gasteiger partial charge in [0.05, 0.1) is 5.60 Å². The molecule has 0 aliphatic heterocycles. The zero-order valence-electron chi connectivity index (χ0n) is 11.5. The van der Waals surface area contributed by atoms with Crippen molar-refractivity contribution < 1.29 is 9.90 Å². The van der Waals surface area contributed by atoms with E-state index < -0.39 is 5.60 Å². The summed E-state index contributed by atoms with van der Waals surface area (Å²) in [4.78, 5) is 11.5. The Morgan fingerprint density at radius 2 is 1.76 bits per heavy atom. The summed E-state index contributed by atoms with van der Waals surface area (Å²) in [6.45, 7) is 8.60. The smallest absolute Gasteiger partial charge is 0.244 e. The number of carbonyl (C=O) groups excluding carboxylic acids is 1. The molecule has 1 aliphatic carbocycles. The third-order valence-corrected chi connectivity index (χ3v) is 3.55. The van der Waals surface area contributed by atoms with Crippen LogP contribution in [0.25, 0.3) is 0 Å². The molecule has 0 atom stereocenters. The highest BCUT2D eigenvalue weighted by Gasteiger charge is 2.36. The number of rotatable bonds is 3. The van der Waals surface area contributed by atoms with Gasteiger partial charge in [-0.1, -0.05) is 19.4 Å². The summed E-state index contributed by atoms with van der Waals surface area (Å²) in [6, 6.07) is 0. The van der Waals surface area contributed by atoms with Gasteiger partial charge in [0.2, 0.25) is 5.91 Å². The first-order valence-electron chi connectivity index (χ1n) is 6.38. The van der Waals surface area contributed by atoms with Gasteiger partial charge in [0.25, 0.3) is 0 Å². The third kappa shape index (κ3) is 4.90. The topological polar surface area (TPSA) is 49.3 Å². The Hall–Kier alpha value is -0.830. The van der Waals surface area contributed by atoms with Gasteiger partial charge in [-0.05, 0) is 44.9 Å². The lowest BCUT2D eigenvalue weighted by Crippen LogP contribution is -2.46. The average Bonchev–Trinajstić information content (AvgIpc) is 2.20. The van der Waals surface area contributed by atoms with Crippen LogP contribution >= 0.6 is 0 Å². The minimum atomic E-state index is -0.708. The Kier molecular flexibility index (Phi) is 4.36. The molecule has 1 amide bonds. The van der Waals surface area contributed by atoms with Gasteiger partial charge in [0.15, 0.2) is 0 Å². The molecule has 0 aromatic rings. The summed E-state index contributed by atoms with van der Waals surface area (Å²) in [5.74, 6) is -0.108. The minimum Gasteiger partial charge on any atom is -0.388 e. The number of allylic oxidation sites excluding steroid dienone is 1. The molecule has 98 valence electrons. The fourth-order valence-corrected chi connectivity index (χ4v) is 2.13. The van der Waals surface area contributed by atoms with Crippen LogP contribution in [0.1, 0.15) is 53.4 Å². The standard InChI is InChI=1S/C14H25NO2/c1-11(2)9-12(16)15-10-14(17)7-5-13(3,4)6-8-14/h9,17H,5-8,10H2,1-4H3,(H,15,16). The minimum absolute atomic E-state index is 0.108. The van der Waals surface area contributed by atoms with E-state index in [2.05, 4.69) is 19.2 Å². The lowest BCUT2D eigenvalue weighted by Gasteiger charge is -2.40. The second kappa shape index (κ2) is 5.21. The Labute approximate surface area is 104 Å². The number of nitrogens with one attached hydrogen (secondary N) is 1. The molecular weight excluding hydrogens is 214 g/mol. The maximum atomic E-state index is 11.5. The summed E-state index contributed by atoms with van der Waals surface area (Å²) in [5.41, 5.74) is 0.593. The van der Waals surface area contributed by atoms with E-state index in [1.807, 2.05) is 13.8 Å². The normalized spacial score (nSPS) is 21.7. The maximum absolute atomic E-state index is 11.5. The first kappa shape index (κ1) is 14.2. The Bertz CT molecular complexity index is 304. The first-order chi connectivity index (χ1) is 7.72. The van der Waals surface area contributed by atoms with E-state index in [-0.39, 0.29) is 5.91 Å². The molecule has 0 heterocycles. The molecule has 2 N–H and O–H groups in total. The van der Waals surface area contributed by atoms with Gasteiger partial charge >= 0.3 is 0 Å². The van der Waals surface area contributed by atoms with E-state index in [9.17, 15) is 9.90 Å². The van der Waals surface area contributed by atoms with Crippen molar-refractivity contribution >= 4 is 5.91 Å². The second-order valence-electron chi connectivity index (χ2n) is 6.33. The molecule has 3 nitrogen and oxygen atoms in total. The van der Waals surface area contributed by atoms with E-state index in [0.29, 0.717) is 12.0 Å². The monoisotopic (exact) mass is 239 g/mol. The van der Waals surface area contributed by atoms with Crippen LogP contribution in [-0.4, -0.2) is 23.2 Å². The number of amides is 1. The van der Waals surface area contributed by atoms with E-state index in [4.69, 9.17) is 0 Å². The van der Waals surface area contributed by atoms with Gasteiger partial charge < -0.3 is 10.4 Å². The van der Waals surface area contributed by atoms with Crippen molar-refractivity contribution in [2.45, 2.75) is 59.0 Å². The fourth-order valence-electron chi connectivity index (χ4n) is 2.13. The molecule has 0 aromatic carbocycles. The molecular formula is C14H25NO2. The summed E-state index contributed by atoms with van der Waals surface area (Å²) >= 11 is 0. The molecule has 17 heavy (non-hydrogen) atoms. The molecule has 1 saturated carbocycles. The highest BCUT2D eigenvalue weighted by Crippen LogP contribution is 2.39. The van der Waals surface area contributed by atoms with E-state index in [1.54, 1.807) is 6.08 Å². The highest BCUT2D eigenvalue weighted by molar-refractivity contribution is 5.88. The molecule has 0 radical (unpaired) electrons. The van der Waals surface area contributed by atoms with Crippen LogP contribution < -0.4 is 5.32 Å². The van der Waals surface area contributed by atoms with Crippen molar-refractivity contribution in [3.05, 3.63) is 11.6 Å². The van der Waals surface area contributed by atoms with Crippen LogP contribution in [0.4, 0.5) is 0 Å². The predicted octanol–water partition coefficient (Wildman–Crippen LogP) is 2.40. The quantitative estimate of drug-likeness (QED) is 0.743. The van der Waals surface area contributed by atoms with Gasteiger partial charge in [0, 0.05) is 12.6 Å². The van der Waals surface area contributed by atoms with Gasteiger partial charge in [0.1, 0.15) is 0 Å². The predicted molar refractivity (Wildman–Crippen MR) is 69.6 cm³/mol. The van der Waals surface area contributed by atoms with Gasteiger partial charge in [-0.2, -0.15) is 0 Å². The Morgan fingerprint density at radius 1 is 1.24 bits per heavy atom. The van der Waals surface area contributed by atoms with Crippen LogP contribution in [0, 0.1) is 5.41 Å². The van der Waals surface area contributed by atoms with Crippen molar-refractivity contribution in [1.82, 2.24) is 5.32 Å². The van der Waals surface area contributed by atoms with Crippen LogP contribution in [0.2, 0.25) is 0 Å². The number of hydrogen-bond acceptors (Lipinski definition) is 2. The van der Waals surface area contributed by atoms with Crippen molar-refractivity contribution in [1.29, 1.82) is 0 Å². The van der Waals surface area contributed by atoms with Crippen LogP contribution in [0.5, 0.6) is 0 Å². The Balaban J connectivity index is 2.42. The number of carbonyl (C=O) groups is 1. The summed E-state index contributed by atoms with van der Waals surface area (Å²) in [6.07, 6.45) is 5.14. The largest absolute Gasteiger partial charge is 0.388 e. The summed E-state index contributed by atoms with van der Waals surface area (Å²) in [5, 5.41) is 13.1. The number of aliphatic hydroxyl groups is 1. The van der Waals surface area contributed by atoms with Gasteiger partial charge in [-0.3, -0.25) is 4.79 Å². The number of hydrogen-bond donors (Lipinski definition) is 2. The SMILES string of the molecule is CC(C)=CC(=O)NCC1(O)CCC(C)(C)CC1. The summed E-state index contributed by atoms with van der Waals surface area (Å²) in [7, 11) is 0. The molecule has 0 unspecified atom stereocenters. The third-order valence-electron chi connectivity index (χ3n) is 3.55. The van der Waals surface area contributed by atoms with Crippen LogP contribution in [0.3, 0.4) is 0 Å². The average molecular weight is 239 g/mol. The molecule has 3 heteroatoms. The van der Waals surface area contributed by atoms with Crippen molar-refractivity contribution in [2.24, 2.45) is 5.41 Å². The zero-order valence-corrected chi connectivity index (χ0v) is 11.5.